The van der Waals surface area contributed by atoms with Crippen LogP contribution in [0.25, 0.3) is 0 Å². The maximum absolute atomic E-state index is 12.8. The van der Waals surface area contributed by atoms with Crippen molar-refractivity contribution < 1.29 is 24.2 Å². The molecule has 0 bridgehead atoms. The van der Waals surface area contributed by atoms with Crippen molar-refractivity contribution in [3.8, 4) is 11.5 Å². The van der Waals surface area contributed by atoms with Crippen molar-refractivity contribution in [2.24, 2.45) is 5.10 Å². The molecule has 0 N–H and O–H groups in total. The molecule has 28 heavy (non-hydrogen) atoms. The molecule has 0 aliphatic carbocycles. The lowest BCUT2D eigenvalue weighted by Gasteiger charge is -2.23. The first-order valence-corrected chi connectivity index (χ1v) is 9.76. The van der Waals surface area contributed by atoms with E-state index in [0.29, 0.717) is 17.9 Å². The highest BCUT2D eigenvalue weighted by Crippen LogP contribution is 2.38. The van der Waals surface area contributed by atoms with Gasteiger partial charge < -0.3 is 19.4 Å². The number of ether oxygens (including phenoxy) is 2. The van der Waals surface area contributed by atoms with E-state index in [-0.39, 0.29) is 31.2 Å². The number of rotatable bonds is 8. The molecular formula is C20H21N2O5S-. The Hall–Kier alpha value is -2.87. The molecule has 2 aromatic rings. The third-order valence-corrected chi connectivity index (χ3v) is 5.45. The molecule has 0 saturated carbocycles. The van der Waals surface area contributed by atoms with Crippen molar-refractivity contribution in [3.05, 3.63) is 46.2 Å². The van der Waals surface area contributed by atoms with E-state index in [4.69, 9.17) is 9.47 Å². The summed E-state index contributed by atoms with van der Waals surface area (Å²) in [6, 6.07) is 9.17. The Balaban J connectivity index is 1.87. The Morgan fingerprint density at radius 1 is 1.21 bits per heavy atom. The second-order valence-electron chi connectivity index (χ2n) is 6.32. The van der Waals surface area contributed by atoms with Gasteiger partial charge in [0.2, 0.25) is 5.91 Å². The maximum Gasteiger partial charge on any atom is 0.243 e. The first-order chi connectivity index (χ1) is 13.5. The standard InChI is InChI=1S/C20H22N2O5S/c1-26-16-9-8-13(11-17(16)27-2)15-12-14(18-5-4-10-28-18)21-22(15)19(23)6-3-7-20(24)25/h4-5,8-11,15H,3,6-7,12H2,1-2H3,(H,24,25)/p-1/t15-/m1/s1. The Morgan fingerprint density at radius 2 is 2.00 bits per heavy atom. The summed E-state index contributed by atoms with van der Waals surface area (Å²) < 4.78 is 10.7. The van der Waals surface area contributed by atoms with Crippen LogP contribution in [-0.4, -0.2) is 36.8 Å². The number of amides is 1. The quantitative estimate of drug-likeness (QED) is 0.677. The summed E-state index contributed by atoms with van der Waals surface area (Å²) in [7, 11) is 3.13. The molecule has 1 aromatic heterocycles. The number of carbonyl (C=O) groups is 2. The van der Waals surface area contributed by atoms with E-state index in [0.717, 1.165) is 16.2 Å². The molecule has 1 amide bonds. The Labute approximate surface area is 167 Å². The van der Waals surface area contributed by atoms with Gasteiger partial charge in [-0.05, 0) is 42.0 Å². The average molecular weight is 401 g/mol. The average Bonchev–Trinajstić information content (AvgIpc) is 3.36. The molecule has 0 spiro atoms. The molecule has 1 atom stereocenters. The van der Waals surface area contributed by atoms with Crippen LogP contribution >= 0.6 is 11.3 Å². The van der Waals surface area contributed by atoms with E-state index in [1.807, 2.05) is 29.6 Å². The zero-order valence-corrected chi connectivity index (χ0v) is 16.5. The van der Waals surface area contributed by atoms with Gasteiger partial charge in [0.05, 0.1) is 30.9 Å². The highest BCUT2D eigenvalue weighted by Gasteiger charge is 2.33. The molecule has 0 fully saturated rings. The summed E-state index contributed by atoms with van der Waals surface area (Å²) in [5, 5.41) is 18.6. The normalized spacial score (nSPS) is 16.0. The topological polar surface area (TPSA) is 91.3 Å². The van der Waals surface area contributed by atoms with E-state index in [1.165, 1.54) is 5.01 Å². The first-order valence-electron chi connectivity index (χ1n) is 8.88. The van der Waals surface area contributed by atoms with E-state index >= 15 is 0 Å². The zero-order chi connectivity index (χ0) is 20.1. The van der Waals surface area contributed by atoms with E-state index in [2.05, 4.69) is 5.10 Å². The predicted octanol–water partition coefficient (Wildman–Crippen LogP) is 2.36. The van der Waals surface area contributed by atoms with Crippen LogP contribution in [0.1, 0.15) is 42.2 Å². The van der Waals surface area contributed by atoms with Crippen molar-refractivity contribution in [3.63, 3.8) is 0 Å². The lowest BCUT2D eigenvalue weighted by atomic mass is 10.00. The number of hydrogen-bond donors (Lipinski definition) is 0. The third-order valence-electron chi connectivity index (χ3n) is 4.54. The van der Waals surface area contributed by atoms with E-state index < -0.39 is 5.97 Å². The van der Waals surface area contributed by atoms with Crippen LogP contribution in [-0.2, 0) is 9.59 Å². The van der Waals surface area contributed by atoms with Gasteiger partial charge in [0.25, 0.3) is 0 Å². The Bertz CT molecular complexity index is 879. The molecule has 0 radical (unpaired) electrons. The summed E-state index contributed by atoms with van der Waals surface area (Å²) >= 11 is 1.57. The van der Waals surface area contributed by atoms with Crippen LogP contribution in [0.5, 0.6) is 11.5 Å². The predicted molar refractivity (Wildman–Crippen MR) is 103 cm³/mol. The number of nitrogens with zero attached hydrogens (tertiary/aromatic N) is 2. The summed E-state index contributed by atoms with van der Waals surface area (Å²) in [4.78, 5) is 24.4. The van der Waals surface area contributed by atoms with Gasteiger partial charge in [0.15, 0.2) is 11.5 Å². The number of hydrazone groups is 1. The molecule has 1 aliphatic rings. The number of carbonyl (C=O) groups excluding carboxylic acids is 2. The molecular weight excluding hydrogens is 380 g/mol. The van der Waals surface area contributed by atoms with Crippen LogP contribution in [0.4, 0.5) is 0 Å². The van der Waals surface area contributed by atoms with Crippen molar-refractivity contribution in [1.82, 2.24) is 5.01 Å². The SMILES string of the molecule is COc1ccc([C@H]2CC(c3cccs3)=NN2C(=O)CCCC(=O)[O-])cc1OC. The highest BCUT2D eigenvalue weighted by atomic mass is 32.1. The lowest BCUT2D eigenvalue weighted by molar-refractivity contribution is -0.305. The zero-order valence-electron chi connectivity index (χ0n) is 15.7. The Morgan fingerprint density at radius 3 is 2.64 bits per heavy atom. The van der Waals surface area contributed by atoms with Gasteiger partial charge in [-0.2, -0.15) is 5.10 Å². The van der Waals surface area contributed by atoms with Crippen molar-refractivity contribution >= 4 is 28.9 Å². The number of methoxy groups -OCH3 is 2. The number of carboxylic acids is 1. The fraction of sp³-hybridized carbons (Fsp3) is 0.350. The largest absolute Gasteiger partial charge is 0.550 e. The van der Waals surface area contributed by atoms with Crippen LogP contribution in [0.3, 0.4) is 0 Å². The molecule has 148 valence electrons. The molecule has 7 nitrogen and oxygen atoms in total. The van der Waals surface area contributed by atoms with Gasteiger partial charge in [-0.1, -0.05) is 12.1 Å². The Kier molecular flexibility index (Phi) is 6.30. The minimum absolute atomic E-state index is 0.0962. The molecule has 3 rings (SSSR count). The molecule has 1 aliphatic heterocycles. The fourth-order valence-corrected chi connectivity index (χ4v) is 3.87. The second-order valence-corrected chi connectivity index (χ2v) is 7.27. The second kappa shape index (κ2) is 8.88. The number of benzene rings is 1. The number of hydrogen-bond acceptors (Lipinski definition) is 7. The van der Waals surface area contributed by atoms with Gasteiger partial charge in [-0.15, -0.1) is 11.3 Å². The fourth-order valence-electron chi connectivity index (χ4n) is 3.15. The van der Waals surface area contributed by atoms with Gasteiger partial charge in [-0.25, -0.2) is 5.01 Å². The summed E-state index contributed by atoms with van der Waals surface area (Å²) in [6.07, 6.45) is 0.740. The number of aliphatic carboxylic acids is 1. The van der Waals surface area contributed by atoms with Crippen molar-refractivity contribution in [2.45, 2.75) is 31.7 Å². The lowest BCUT2D eigenvalue weighted by Crippen LogP contribution is -2.28. The van der Waals surface area contributed by atoms with E-state index in [9.17, 15) is 14.7 Å². The minimum atomic E-state index is -1.16. The summed E-state index contributed by atoms with van der Waals surface area (Å²) in [6.45, 7) is 0. The smallest absolute Gasteiger partial charge is 0.243 e. The van der Waals surface area contributed by atoms with Crippen molar-refractivity contribution in [1.29, 1.82) is 0 Å². The van der Waals surface area contributed by atoms with E-state index in [1.54, 1.807) is 31.6 Å². The molecule has 0 unspecified atom stereocenters. The van der Waals surface area contributed by atoms with Crippen LogP contribution in [0, 0.1) is 0 Å². The third kappa shape index (κ3) is 4.33. The molecule has 8 heteroatoms. The van der Waals surface area contributed by atoms with Gasteiger partial charge in [-0.3, -0.25) is 4.79 Å². The van der Waals surface area contributed by atoms with Crippen molar-refractivity contribution in [2.75, 3.05) is 14.2 Å². The summed E-state index contributed by atoms with van der Waals surface area (Å²) in [5.41, 5.74) is 1.71. The van der Waals surface area contributed by atoms with Gasteiger partial charge in [0, 0.05) is 18.8 Å². The monoisotopic (exact) mass is 401 g/mol. The van der Waals surface area contributed by atoms with Crippen LogP contribution in [0.15, 0.2) is 40.8 Å². The minimum Gasteiger partial charge on any atom is -0.550 e. The maximum atomic E-state index is 12.8. The van der Waals surface area contributed by atoms with Crippen LogP contribution < -0.4 is 14.6 Å². The molecule has 0 saturated heterocycles. The van der Waals surface area contributed by atoms with Gasteiger partial charge in [0.1, 0.15) is 0 Å². The molecule has 2 heterocycles. The van der Waals surface area contributed by atoms with Crippen LogP contribution in [0.2, 0.25) is 0 Å². The number of carboxylic acid groups (broad SMARTS) is 1. The summed E-state index contributed by atoms with van der Waals surface area (Å²) in [5.74, 6) is -0.189. The first kappa shape index (κ1) is 19.9. The highest BCUT2D eigenvalue weighted by molar-refractivity contribution is 7.12. The van der Waals surface area contributed by atoms with Gasteiger partial charge >= 0.3 is 0 Å². The molecule has 1 aromatic carbocycles. The number of thiophene rings is 1.